The molecule has 9 nitrogen and oxygen atoms in total. The van der Waals surface area contributed by atoms with E-state index in [0.717, 1.165) is 9.87 Å². The van der Waals surface area contributed by atoms with Crippen LogP contribution in [-0.2, 0) is 19.6 Å². The molecule has 4 aromatic carbocycles. The van der Waals surface area contributed by atoms with E-state index in [-0.39, 0.29) is 29.1 Å². The van der Waals surface area contributed by atoms with Gasteiger partial charge in [0.25, 0.3) is 21.8 Å². The number of sulfonamides is 1. The predicted molar refractivity (Wildman–Crippen MR) is 168 cm³/mol. The molecule has 2 amide bonds. The second-order valence-electron chi connectivity index (χ2n) is 9.56. The number of hydrogen-bond donors (Lipinski definition) is 2. The van der Waals surface area contributed by atoms with Gasteiger partial charge in [-0.15, -0.1) is 0 Å². The van der Waals surface area contributed by atoms with Gasteiger partial charge in [0, 0.05) is 5.02 Å². The molecule has 11 heteroatoms. The average molecular weight is 619 g/mol. The van der Waals surface area contributed by atoms with E-state index in [9.17, 15) is 18.0 Å². The van der Waals surface area contributed by atoms with Crippen molar-refractivity contribution in [2.45, 2.75) is 24.8 Å². The molecule has 43 heavy (non-hydrogen) atoms. The van der Waals surface area contributed by atoms with Crippen molar-refractivity contribution in [1.29, 1.82) is 0 Å². The van der Waals surface area contributed by atoms with Gasteiger partial charge in [0.2, 0.25) is 0 Å². The van der Waals surface area contributed by atoms with Crippen LogP contribution in [0, 0.1) is 6.92 Å². The van der Waals surface area contributed by atoms with Crippen molar-refractivity contribution >= 4 is 45.3 Å². The second-order valence-corrected chi connectivity index (χ2v) is 11.8. The Morgan fingerprint density at radius 3 is 2.23 bits per heavy atom. The molecule has 0 aliphatic heterocycles. The third-order valence-corrected chi connectivity index (χ3v) is 8.64. The molecule has 0 radical (unpaired) electrons. The summed E-state index contributed by atoms with van der Waals surface area (Å²) >= 11 is 6.26. The highest BCUT2D eigenvalue weighted by atomic mass is 35.5. The van der Waals surface area contributed by atoms with Gasteiger partial charge in [-0.05, 0) is 79.1 Å². The van der Waals surface area contributed by atoms with Crippen molar-refractivity contribution in [2.24, 2.45) is 5.10 Å². The third kappa shape index (κ3) is 8.43. The van der Waals surface area contributed by atoms with Gasteiger partial charge in [0.05, 0.1) is 22.8 Å². The number of hydrazone groups is 1. The number of ether oxygens (including phenoxy) is 1. The molecule has 0 aromatic heterocycles. The maximum Gasteiger partial charge on any atom is 0.264 e. The van der Waals surface area contributed by atoms with Crippen molar-refractivity contribution in [1.82, 2.24) is 10.7 Å². The number of nitrogens with one attached hydrogen (secondary N) is 2. The fourth-order valence-corrected chi connectivity index (χ4v) is 5.81. The second kappa shape index (κ2) is 14.5. The van der Waals surface area contributed by atoms with Crippen LogP contribution in [0.25, 0.3) is 0 Å². The molecule has 0 fully saturated rings. The average Bonchev–Trinajstić information content (AvgIpc) is 3.02. The third-order valence-electron chi connectivity index (χ3n) is 6.46. The van der Waals surface area contributed by atoms with Gasteiger partial charge >= 0.3 is 0 Å². The van der Waals surface area contributed by atoms with E-state index in [1.165, 1.54) is 18.3 Å². The molecular formula is C32H31ClN4O5S. The van der Waals surface area contributed by atoms with E-state index >= 15 is 0 Å². The molecule has 0 saturated carbocycles. The fraction of sp³-hybridized carbons (Fsp3) is 0.156. The highest BCUT2D eigenvalue weighted by molar-refractivity contribution is 7.92. The van der Waals surface area contributed by atoms with Crippen LogP contribution in [0.3, 0.4) is 0 Å². The number of nitrogens with zero attached hydrogens (tertiary/aromatic N) is 2. The molecule has 0 spiro atoms. The first-order chi connectivity index (χ1) is 20.6. The Labute approximate surface area is 256 Å². The van der Waals surface area contributed by atoms with E-state index < -0.39 is 22.5 Å². The van der Waals surface area contributed by atoms with Crippen molar-refractivity contribution in [3.63, 3.8) is 0 Å². The van der Waals surface area contributed by atoms with Crippen LogP contribution >= 0.6 is 11.6 Å². The van der Waals surface area contributed by atoms with Gasteiger partial charge in [0.15, 0.2) is 6.61 Å². The lowest BCUT2D eigenvalue weighted by Gasteiger charge is -2.25. The van der Waals surface area contributed by atoms with Crippen molar-refractivity contribution in [2.75, 3.05) is 17.5 Å². The Morgan fingerprint density at radius 2 is 1.56 bits per heavy atom. The van der Waals surface area contributed by atoms with Crippen LogP contribution in [0.2, 0.25) is 5.02 Å². The summed E-state index contributed by atoms with van der Waals surface area (Å²) in [6, 6.07) is 29.0. The van der Waals surface area contributed by atoms with E-state index in [1.54, 1.807) is 67.6 Å². The number of benzene rings is 4. The summed E-state index contributed by atoms with van der Waals surface area (Å²) in [4.78, 5) is 25.1. The van der Waals surface area contributed by atoms with Gasteiger partial charge in [-0.1, -0.05) is 66.2 Å². The Morgan fingerprint density at radius 1 is 0.907 bits per heavy atom. The number of rotatable bonds is 12. The topological polar surface area (TPSA) is 117 Å². The Hall–Kier alpha value is -4.67. The molecule has 2 N–H and O–H groups in total. The maximum absolute atomic E-state index is 13.5. The van der Waals surface area contributed by atoms with Gasteiger partial charge in [-0.2, -0.15) is 5.10 Å². The minimum absolute atomic E-state index is 0.0381. The summed E-state index contributed by atoms with van der Waals surface area (Å²) in [5.41, 5.74) is 4.83. The lowest BCUT2D eigenvalue weighted by molar-refractivity contribution is -0.123. The molecule has 222 valence electrons. The lowest BCUT2D eigenvalue weighted by Crippen LogP contribution is -2.40. The minimum Gasteiger partial charge on any atom is -0.484 e. The normalized spacial score (nSPS) is 12.0. The molecule has 4 aromatic rings. The Balaban J connectivity index is 1.34. The molecule has 0 saturated heterocycles. The fourth-order valence-electron chi connectivity index (χ4n) is 4.14. The number of anilines is 1. The van der Waals surface area contributed by atoms with Gasteiger partial charge < -0.3 is 10.1 Å². The number of carbonyl (C=O) groups is 2. The Bertz CT molecular complexity index is 1680. The van der Waals surface area contributed by atoms with Crippen LogP contribution in [0.4, 0.5) is 5.69 Å². The molecule has 0 bridgehead atoms. The first-order valence-electron chi connectivity index (χ1n) is 13.4. The summed E-state index contributed by atoms with van der Waals surface area (Å²) in [6.45, 7) is 2.92. The van der Waals surface area contributed by atoms with Gasteiger partial charge in [0.1, 0.15) is 12.3 Å². The quantitative estimate of drug-likeness (QED) is 0.166. The summed E-state index contributed by atoms with van der Waals surface area (Å²) in [6.07, 6.45) is 1.41. The van der Waals surface area contributed by atoms with Crippen molar-refractivity contribution < 1.29 is 22.7 Å². The summed E-state index contributed by atoms with van der Waals surface area (Å²) in [7, 11) is -4.08. The van der Waals surface area contributed by atoms with Crippen LogP contribution in [0.1, 0.15) is 29.7 Å². The number of hydrogen-bond acceptors (Lipinski definition) is 6. The monoisotopic (exact) mass is 618 g/mol. The van der Waals surface area contributed by atoms with E-state index in [1.807, 2.05) is 37.3 Å². The molecule has 1 atom stereocenters. The SMILES string of the molecule is Cc1c(Cl)cccc1N(CC(=O)N/N=C\c1ccc(OCC(=O)N[C@H](C)c2ccccc2)cc1)S(=O)(=O)c1ccccc1. The molecule has 0 heterocycles. The maximum atomic E-state index is 13.5. The molecule has 0 aliphatic carbocycles. The lowest BCUT2D eigenvalue weighted by atomic mass is 10.1. The van der Waals surface area contributed by atoms with Gasteiger partial charge in [-0.3, -0.25) is 13.9 Å². The largest absolute Gasteiger partial charge is 0.484 e. The minimum atomic E-state index is -4.08. The van der Waals surface area contributed by atoms with Gasteiger partial charge in [-0.25, -0.2) is 13.8 Å². The zero-order valence-electron chi connectivity index (χ0n) is 23.6. The predicted octanol–water partition coefficient (Wildman–Crippen LogP) is 5.25. The summed E-state index contributed by atoms with van der Waals surface area (Å²) in [5, 5.41) is 7.24. The zero-order valence-corrected chi connectivity index (χ0v) is 25.2. The van der Waals surface area contributed by atoms with Crippen LogP contribution in [0.15, 0.2) is 113 Å². The van der Waals surface area contributed by atoms with E-state index in [0.29, 0.717) is 21.9 Å². The van der Waals surface area contributed by atoms with Crippen molar-refractivity contribution in [3.05, 3.63) is 125 Å². The van der Waals surface area contributed by atoms with Crippen LogP contribution < -0.4 is 19.8 Å². The molecule has 0 aliphatic rings. The number of carbonyl (C=O) groups excluding carboxylic acids is 2. The highest BCUT2D eigenvalue weighted by Crippen LogP contribution is 2.30. The highest BCUT2D eigenvalue weighted by Gasteiger charge is 2.28. The first kappa shape index (κ1) is 31.3. The number of halogens is 1. The van der Waals surface area contributed by atoms with E-state index in [2.05, 4.69) is 15.8 Å². The Kier molecular flexibility index (Phi) is 10.5. The zero-order chi connectivity index (χ0) is 30.8. The van der Waals surface area contributed by atoms with E-state index in [4.69, 9.17) is 16.3 Å². The molecular weight excluding hydrogens is 588 g/mol. The smallest absolute Gasteiger partial charge is 0.264 e. The molecule has 4 rings (SSSR count). The summed E-state index contributed by atoms with van der Waals surface area (Å²) < 4.78 is 33.6. The van der Waals surface area contributed by atoms with Crippen molar-refractivity contribution in [3.8, 4) is 5.75 Å². The number of amides is 2. The standard InChI is InChI=1S/C32H31ClN4O5S/c1-23-29(33)14-9-15-30(23)37(43(40,41)28-12-7-4-8-13-28)21-31(38)36-34-20-25-16-18-27(19-17-25)42-22-32(39)35-24(2)26-10-5-3-6-11-26/h3-20,24H,21-22H2,1-2H3,(H,35,39)(H,36,38)/b34-20-/t24-/m1/s1. The van der Waals surface area contributed by atoms with Crippen LogP contribution in [-0.4, -0.2) is 39.6 Å². The van der Waals surface area contributed by atoms with Crippen LogP contribution in [0.5, 0.6) is 5.75 Å². The summed E-state index contributed by atoms with van der Waals surface area (Å²) in [5.74, 6) is -0.408. The molecule has 0 unspecified atom stereocenters. The first-order valence-corrected chi connectivity index (χ1v) is 15.2.